The van der Waals surface area contributed by atoms with Crippen LogP contribution in [0.5, 0.6) is 0 Å². The third kappa shape index (κ3) is 8.66. The molecule has 0 bridgehead atoms. The number of halogens is 3. The number of aliphatic carboxylic acids is 1. The molecule has 0 heterocycles. The van der Waals surface area contributed by atoms with Crippen LogP contribution in [0.4, 0.5) is 18.0 Å². The maximum absolute atomic E-state index is 11.8. The van der Waals surface area contributed by atoms with Gasteiger partial charge in [-0.25, -0.2) is 4.79 Å². The number of hydrogen-bond donors (Lipinski definition) is 3. The molecule has 0 saturated carbocycles. The molecule has 0 aliphatic carbocycles. The van der Waals surface area contributed by atoms with Gasteiger partial charge >= 0.3 is 18.2 Å². The molecular formula is C10H17F3N2O3. The number of amides is 2. The van der Waals surface area contributed by atoms with Gasteiger partial charge in [-0.15, -0.1) is 0 Å². The van der Waals surface area contributed by atoms with Crippen molar-refractivity contribution in [3.8, 4) is 0 Å². The summed E-state index contributed by atoms with van der Waals surface area (Å²) >= 11 is 0. The fraction of sp³-hybridized carbons (Fsp3) is 0.800. The lowest BCUT2D eigenvalue weighted by Crippen LogP contribution is -2.41. The van der Waals surface area contributed by atoms with Crippen LogP contribution in [0.3, 0.4) is 0 Å². The van der Waals surface area contributed by atoms with Gasteiger partial charge in [0, 0.05) is 13.1 Å². The second-order valence-corrected chi connectivity index (χ2v) is 3.83. The maximum Gasteiger partial charge on any atom is 0.390 e. The number of hydrogen-bond acceptors (Lipinski definition) is 2. The van der Waals surface area contributed by atoms with Gasteiger partial charge in [-0.05, 0) is 6.42 Å². The largest absolute Gasteiger partial charge is 0.481 e. The van der Waals surface area contributed by atoms with Crippen LogP contribution in [-0.4, -0.2) is 36.4 Å². The molecule has 0 aromatic heterocycles. The highest BCUT2D eigenvalue weighted by Crippen LogP contribution is 2.17. The summed E-state index contributed by atoms with van der Waals surface area (Å²) < 4.78 is 35.3. The first kappa shape index (κ1) is 16.5. The minimum absolute atomic E-state index is 0.0962. The number of carbonyl (C=O) groups is 2. The van der Waals surface area contributed by atoms with E-state index >= 15 is 0 Å². The highest BCUT2D eigenvalue weighted by molar-refractivity contribution is 5.75. The van der Waals surface area contributed by atoms with Crippen LogP contribution >= 0.6 is 0 Å². The van der Waals surface area contributed by atoms with Crippen LogP contribution in [0.25, 0.3) is 0 Å². The van der Waals surface area contributed by atoms with Crippen LogP contribution in [0.1, 0.15) is 26.2 Å². The predicted molar refractivity (Wildman–Crippen MR) is 58.1 cm³/mol. The lowest BCUT2D eigenvalue weighted by Gasteiger charge is -2.13. The lowest BCUT2D eigenvalue weighted by atomic mass is 10.0. The Morgan fingerprint density at radius 1 is 1.28 bits per heavy atom. The van der Waals surface area contributed by atoms with E-state index in [1.165, 1.54) is 0 Å². The van der Waals surface area contributed by atoms with Gasteiger partial charge in [-0.2, -0.15) is 13.2 Å². The Morgan fingerprint density at radius 3 is 2.33 bits per heavy atom. The molecule has 8 heteroatoms. The summed E-state index contributed by atoms with van der Waals surface area (Å²) in [5.41, 5.74) is 0. The van der Waals surface area contributed by atoms with Crippen LogP contribution < -0.4 is 10.6 Å². The van der Waals surface area contributed by atoms with Gasteiger partial charge in [0.1, 0.15) is 0 Å². The molecule has 1 unspecified atom stereocenters. The molecule has 0 fully saturated rings. The second kappa shape index (κ2) is 7.78. The SMILES string of the molecule is CCCC(CNC(=O)NCCC(F)(F)F)C(=O)O. The number of carbonyl (C=O) groups excluding carboxylic acids is 1. The third-order valence-electron chi connectivity index (χ3n) is 2.19. The highest BCUT2D eigenvalue weighted by atomic mass is 19.4. The monoisotopic (exact) mass is 270 g/mol. The molecule has 18 heavy (non-hydrogen) atoms. The van der Waals surface area contributed by atoms with Gasteiger partial charge in [0.05, 0.1) is 12.3 Å². The smallest absolute Gasteiger partial charge is 0.390 e. The van der Waals surface area contributed by atoms with E-state index in [0.29, 0.717) is 12.8 Å². The molecule has 0 rings (SSSR count). The minimum Gasteiger partial charge on any atom is -0.481 e. The van der Waals surface area contributed by atoms with Gasteiger partial charge in [0.25, 0.3) is 0 Å². The quantitative estimate of drug-likeness (QED) is 0.659. The van der Waals surface area contributed by atoms with E-state index in [9.17, 15) is 22.8 Å². The minimum atomic E-state index is -4.32. The van der Waals surface area contributed by atoms with Gasteiger partial charge < -0.3 is 15.7 Å². The number of carboxylic acid groups (broad SMARTS) is 1. The van der Waals surface area contributed by atoms with E-state index in [-0.39, 0.29) is 6.54 Å². The Balaban J connectivity index is 3.84. The first-order valence-corrected chi connectivity index (χ1v) is 5.57. The molecule has 1 atom stereocenters. The molecule has 0 aromatic carbocycles. The molecule has 0 aliphatic heterocycles. The highest BCUT2D eigenvalue weighted by Gasteiger charge is 2.26. The average Bonchev–Trinajstić information content (AvgIpc) is 2.21. The van der Waals surface area contributed by atoms with E-state index in [4.69, 9.17) is 5.11 Å². The second-order valence-electron chi connectivity index (χ2n) is 3.83. The summed E-state index contributed by atoms with van der Waals surface area (Å²) in [5, 5.41) is 13.0. The Kier molecular flexibility index (Phi) is 7.14. The number of urea groups is 1. The van der Waals surface area contributed by atoms with E-state index in [1.54, 1.807) is 6.92 Å². The van der Waals surface area contributed by atoms with Crippen LogP contribution in [0.15, 0.2) is 0 Å². The average molecular weight is 270 g/mol. The van der Waals surface area contributed by atoms with Crippen LogP contribution in [0.2, 0.25) is 0 Å². The van der Waals surface area contributed by atoms with Gasteiger partial charge in [-0.1, -0.05) is 13.3 Å². The third-order valence-corrected chi connectivity index (χ3v) is 2.19. The molecule has 2 amide bonds. The molecular weight excluding hydrogens is 253 g/mol. The topological polar surface area (TPSA) is 78.4 Å². The molecule has 0 radical (unpaired) electrons. The van der Waals surface area contributed by atoms with Crippen molar-refractivity contribution in [2.75, 3.05) is 13.1 Å². The molecule has 3 N–H and O–H groups in total. The van der Waals surface area contributed by atoms with Crippen molar-refractivity contribution in [1.29, 1.82) is 0 Å². The zero-order valence-corrected chi connectivity index (χ0v) is 10.0. The fourth-order valence-electron chi connectivity index (χ4n) is 1.26. The Bertz CT molecular complexity index is 282. The van der Waals surface area contributed by atoms with Crippen molar-refractivity contribution in [1.82, 2.24) is 10.6 Å². The Morgan fingerprint density at radius 2 is 1.89 bits per heavy atom. The number of alkyl halides is 3. The van der Waals surface area contributed by atoms with Crippen molar-refractivity contribution >= 4 is 12.0 Å². The number of nitrogens with one attached hydrogen (secondary N) is 2. The van der Waals surface area contributed by atoms with Gasteiger partial charge in [0.2, 0.25) is 0 Å². The van der Waals surface area contributed by atoms with Crippen molar-refractivity contribution in [2.45, 2.75) is 32.4 Å². The first-order chi connectivity index (χ1) is 8.26. The van der Waals surface area contributed by atoms with Crippen molar-refractivity contribution in [3.63, 3.8) is 0 Å². The molecule has 0 aliphatic rings. The van der Waals surface area contributed by atoms with Crippen molar-refractivity contribution in [3.05, 3.63) is 0 Å². The predicted octanol–water partition coefficient (Wildman–Crippen LogP) is 1.74. The zero-order valence-electron chi connectivity index (χ0n) is 10.0. The standard InChI is InChI=1S/C10H17F3N2O3/c1-2-3-7(8(16)17)6-15-9(18)14-5-4-10(11,12)13/h7H,2-6H2,1H3,(H,16,17)(H2,14,15,18). The summed E-state index contributed by atoms with van der Waals surface area (Å²) in [4.78, 5) is 21.8. The summed E-state index contributed by atoms with van der Waals surface area (Å²) in [5.74, 6) is -1.75. The zero-order chi connectivity index (χ0) is 14.2. The maximum atomic E-state index is 11.8. The number of carboxylic acids is 1. The Labute approximate surface area is 103 Å². The molecule has 106 valence electrons. The van der Waals surface area contributed by atoms with Gasteiger partial charge in [-0.3, -0.25) is 4.79 Å². The first-order valence-electron chi connectivity index (χ1n) is 5.57. The molecule has 0 saturated heterocycles. The normalized spacial score (nSPS) is 12.9. The summed E-state index contributed by atoms with van der Waals surface area (Å²) in [6, 6.07) is -0.790. The molecule has 0 spiro atoms. The Hall–Kier alpha value is -1.47. The van der Waals surface area contributed by atoms with Crippen molar-refractivity contribution < 1.29 is 27.9 Å². The summed E-state index contributed by atoms with van der Waals surface area (Å²) in [6.45, 7) is 1.18. The van der Waals surface area contributed by atoms with Crippen molar-refractivity contribution in [2.24, 2.45) is 5.92 Å². The molecule has 5 nitrogen and oxygen atoms in total. The lowest BCUT2D eigenvalue weighted by molar-refractivity contribution is -0.141. The number of rotatable bonds is 7. The van der Waals surface area contributed by atoms with E-state index < -0.39 is 37.1 Å². The van der Waals surface area contributed by atoms with Crippen LogP contribution in [0, 0.1) is 5.92 Å². The van der Waals surface area contributed by atoms with Crippen LogP contribution in [-0.2, 0) is 4.79 Å². The van der Waals surface area contributed by atoms with Gasteiger partial charge in [0.15, 0.2) is 0 Å². The summed E-state index contributed by atoms with van der Waals surface area (Å²) in [6.07, 6.45) is -4.39. The molecule has 0 aromatic rings. The van der Waals surface area contributed by atoms with E-state index in [1.807, 2.05) is 5.32 Å². The van der Waals surface area contributed by atoms with E-state index in [2.05, 4.69) is 5.32 Å². The fourth-order valence-corrected chi connectivity index (χ4v) is 1.26. The summed E-state index contributed by atoms with van der Waals surface area (Å²) in [7, 11) is 0. The van der Waals surface area contributed by atoms with E-state index in [0.717, 1.165) is 0 Å².